The Morgan fingerprint density at radius 2 is 2.06 bits per heavy atom. The van der Waals surface area contributed by atoms with Crippen LogP contribution >= 0.6 is 0 Å². The largest absolute Gasteiger partial charge is 0.382 e. The highest BCUT2D eigenvalue weighted by molar-refractivity contribution is 5.99. The third-order valence-electron chi connectivity index (χ3n) is 2.25. The molecule has 1 heterocycles. The van der Waals surface area contributed by atoms with Crippen LogP contribution in [0.1, 0.15) is 36.8 Å². The number of hydrogen-bond donors (Lipinski definition) is 2. The molecule has 0 aliphatic heterocycles. The van der Waals surface area contributed by atoms with Crippen LogP contribution in [0.5, 0.6) is 0 Å². The van der Waals surface area contributed by atoms with Gasteiger partial charge in [0.25, 0.3) is 5.91 Å². The standard InChI is InChI=1S/C11H20N4O/c1-7-8(9(12)14-13-7)10(16)15(5)6-11(2,3)4/h6H2,1-5H3,(H3,12,13,14). The number of nitrogen functional groups attached to an aromatic ring is 1. The van der Waals surface area contributed by atoms with Crippen LogP contribution < -0.4 is 5.73 Å². The van der Waals surface area contributed by atoms with Gasteiger partial charge in [-0.3, -0.25) is 9.89 Å². The molecule has 0 saturated carbocycles. The van der Waals surface area contributed by atoms with Crippen molar-refractivity contribution >= 4 is 11.7 Å². The minimum atomic E-state index is -0.0846. The van der Waals surface area contributed by atoms with E-state index < -0.39 is 0 Å². The van der Waals surface area contributed by atoms with Crippen LogP contribution in [0.3, 0.4) is 0 Å². The van der Waals surface area contributed by atoms with Crippen molar-refractivity contribution < 1.29 is 4.79 Å². The molecular formula is C11H20N4O. The van der Waals surface area contributed by atoms with E-state index in [1.54, 1.807) is 18.9 Å². The minimum Gasteiger partial charge on any atom is -0.382 e. The summed E-state index contributed by atoms with van der Waals surface area (Å²) in [6.07, 6.45) is 0. The lowest BCUT2D eigenvalue weighted by Crippen LogP contribution is -2.35. The second-order valence-corrected chi connectivity index (χ2v) is 5.33. The summed E-state index contributed by atoms with van der Waals surface area (Å²) in [5.74, 6) is 0.182. The number of aromatic amines is 1. The van der Waals surface area contributed by atoms with Crippen LogP contribution in [-0.4, -0.2) is 34.6 Å². The van der Waals surface area contributed by atoms with E-state index in [1.165, 1.54) is 0 Å². The number of aromatic nitrogens is 2. The molecule has 0 unspecified atom stereocenters. The Morgan fingerprint density at radius 3 is 2.44 bits per heavy atom. The zero-order valence-corrected chi connectivity index (χ0v) is 10.6. The van der Waals surface area contributed by atoms with Crippen molar-refractivity contribution in [1.29, 1.82) is 0 Å². The van der Waals surface area contributed by atoms with Gasteiger partial charge >= 0.3 is 0 Å². The van der Waals surface area contributed by atoms with Gasteiger partial charge in [-0.1, -0.05) is 20.8 Å². The molecule has 1 aromatic rings. The molecule has 0 radical (unpaired) electrons. The molecule has 0 aromatic carbocycles. The highest BCUT2D eigenvalue weighted by atomic mass is 16.2. The number of H-pyrrole nitrogens is 1. The zero-order valence-electron chi connectivity index (χ0n) is 10.6. The van der Waals surface area contributed by atoms with Crippen molar-refractivity contribution in [2.75, 3.05) is 19.3 Å². The van der Waals surface area contributed by atoms with E-state index in [9.17, 15) is 4.79 Å². The number of anilines is 1. The Kier molecular flexibility index (Phi) is 3.26. The monoisotopic (exact) mass is 224 g/mol. The summed E-state index contributed by atoms with van der Waals surface area (Å²) in [7, 11) is 1.78. The number of rotatable bonds is 2. The fraction of sp³-hybridized carbons (Fsp3) is 0.636. The van der Waals surface area contributed by atoms with Crippen LogP contribution in [0.2, 0.25) is 0 Å². The van der Waals surface area contributed by atoms with Crippen LogP contribution in [-0.2, 0) is 0 Å². The van der Waals surface area contributed by atoms with Crippen LogP contribution in [0, 0.1) is 12.3 Å². The lowest BCUT2D eigenvalue weighted by Gasteiger charge is -2.26. The SMILES string of the molecule is Cc1[nH]nc(N)c1C(=O)N(C)CC(C)(C)C. The molecule has 0 aliphatic rings. The maximum Gasteiger partial charge on any atom is 0.259 e. The number of nitrogens with one attached hydrogen (secondary N) is 1. The number of carbonyl (C=O) groups is 1. The maximum absolute atomic E-state index is 12.1. The molecule has 0 saturated heterocycles. The van der Waals surface area contributed by atoms with Gasteiger partial charge in [-0.25, -0.2) is 0 Å². The van der Waals surface area contributed by atoms with Gasteiger partial charge in [0, 0.05) is 19.3 Å². The van der Waals surface area contributed by atoms with Gasteiger partial charge in [0.1, 0.15) is 5.56 Å². The van der Waals surface area contributed by atoms with Crippen molar-refractivity contribution in [1.82, 2.24) is 15.1 Å². The van der Waals surface area contributed by atoms with E-state index in [0.717, 1.165) is 0 Å². The molecule has 90 valence electrons. The molecule has 5 nitrogen and oxygen atoms in total. The number of hydrogen-bond acceptors (Lipinski definition) is 3. The number of aryl methyl sites for hydroxylation is 1. The lowest BCUT2D eigenvalue weighted by atomic mass is 9.96. The quantitative estimate of drug-likeness (QED) is 0.797. The second kappa shape index (κ2) is 4.15. The second-order valence-electron chi connectivity index (χ2n) is 5.33. The van der Waals surface area contributed by atoms with E-state index >= 15 is 0 Å². The normalized spacial score (nSPS) is 11.6. The first-order valence-corrected chi connectivity index (χ1v) is 5.28. The summed E-state index contributed by atoms with van der Waals surface area (Å²) in [5, 5.41) is 6.53. The van der Waals surface area contributed by atoms with E-state index in [0.29, 0.717) is 17.8 Å². The van der Waals surface area contributed by atoms with E-state index in [4.69, 9.17) is 5.73 Å². The first-order chi connectivity index (χ1) is 7.22. The summed E-state index contributed by atoms with van der Waals surface area (Å²) in [6, 6.07) is 0. The first-order valence-electron chi connectivity index (χ1n) is 5.28. The Hall–Kier alpha value is -1.52. The van der Waals surface area contributed by atoms with Crippen LogP contribution in [0.4, 0.5) is 5.82 Å². The third kappa shape index (κ3) is 2.74. The lowest BCUT2D eigenvalue weighted by molar-refractivity contribution is 0.0746. The summed E-state index contributed by atoms with van der Waals surface area (Å²) >= 11 is 0. The smallest absolute Gasteiger partial charge is 0.259 e. The first kappa shape index (κ1) is 12.5. The van der Waals surface area contributed by atoms with Gasteiger partial charge in [0.05, 0.1) is 0 Å². The number of nitrogens with two attached hydrogens (primary N) is 1. The Balaban J connectivity index is 2.87. The molecule has 0 fully saturated rings. The van der Waals surface area contributed by atoms with Crippen molar-refractivity contribution in [3.05, 3.63) is 11.3 Å². The maximum atomic E-state index is 12.1. The predicted octanol–water partition coefficient (Wildman–Crippen LogP) is 1.42. The molecule has 0 aliphatic carbocycles. The Labute approximate surface area is 96.0 Å². The summed E-state index contributed by atoms with van der Waals surface area (Å²) < 4.78 is 0. The molecule has 0 atom stereocenters. The fourth-order valence-electron chi connectivity index (χ4n) is 1.69. The molecule has 1 amide bonds. The van der Waals surface area contributed by atoms with E-state index in [2.05, 4.69) is 31.0 Å². The van der Waals surface area contributed by atoms with Gasteiger partial charge in [-0.05, 0) is 12.3 Å². The summed E-state index contributed by atoms with van der Waals surface area (Å²) in [5.41, 5.74) is 6.91. The number of amides is 1. The van der Waals surface area contributed by atoms with Gasteiger partial charge in [-0.15, -0.1) is 0 Å². The average Bonchev–Trinajstić information content (AvgIpc) is 2.42. The van der Waals surface area contributed by atoms with Gasteiger partial charge in [0.15, 0.2) is 5.82 Å². The van der Waals surface area contributed by atoms with Gasteiger partial charge in [-0.2, -0.15) is 5.10 Å². The van der Waals surface area contributed by atoms with Crippen molar-refractivity contribution in [2.24, 2.45) is 5.41 Å². The molecule has 0 bridgehead atoms. The molecule has 16 heavy (non-hydrogen) atoms. The fourth-order valence-corrected chi connectivity index (χ4v) is 1.69. The van der Waals surface area contributed by atoms with E-state index in [-0.39, 0.29) is 17.1 Å². The van der Waals surface area contributed by atoms with Crippen molar-refractivity contribution in [3.8, 4) is 0 Å². The topological polar surface area (TPSA) is 75.0 Å². The zero-order chi connectivity index (χ0) is 12.5. The van der Waals surface area contributed by atoms with E-state index in [1.807, 2.05) is 0 Å². The molecule has 3 N–H and O–H groups in total. The van der Waals surface area contributed by atoms with Crippen molar-refractivity contribution in [2.45, 2.75) is 27.7 Å². The van der Waals surface area contributed by atoms with Crippen molar-refractivity contribution in [3.63, 3.8) is 0 Å². The third-order valence-corrected chi connectivity index (χ3v) is 2.25. The summed E-state index contributed by atoms with van der Waals surface area (Å²) in [4.78, 5) is 13.8. The predicted molar refractivity (Wildman–Crippen MR) is 64.2 cm³/mol. The average molecular weight is 224 g/mol. The highest BCUT2D eigenvalue weighted by Gasteiger charge is 2.23. The van der Waals surface area contributed by atoms with Crippen LogP contribution in [0.25, 0.3) is 0 Å². The summed E-state index contributed by atoms with van der Waals surface area (Å²) in [6.45, 7) is 8.73. The van der Waals surface area contributed by atoms with Crippen LogP contribution in [0.15, 0.2) is 0 Å². The van der Waals surface area contributed by atoms with Gasteiger partial charge in [0.2, 0.25) is 0 Å². The molecule has 1 aromatic heterocycles. The minimum absolute atomic E-state index is 0.0663. The molecule has 5 heteroatoms. The Bertz CT molecular complexity index is 370. The molecular weight excluding hydrogens is 204 g/mol. The molecule has 0 spiro atoms. The van der Waals surface area contributed by atoms with Gasteiger partial charge < -0.3 is 10.6 Å². The number of nitrogens with zero attached hydrogens (tertiary/aromatic N) is 2. The number of carbonyl (C=O) groups excluding carboxylic acids is 1. The molecule has 1 rings (SSSR count). The highest BCUT2D eigenvalue weighted by Crippen LogP contribution is 2.19. The Morgan fingerprint density at radius 1 is 1.50 bits per heavy atom.